The molecular formula is C18H21ClN2O3. The fraction of sp³-hybridized carbons (Fsp3) is 0.278. The number of carbonyl (C=O) groups excluding carboxylic acids is 1. The van der Waals surface area contributed by atoms with Crippen LogP contribution in [0.15, 0.2) is 42.5 Å². The van der Waals surface area contributed by atoms with Crippen LogP contribution in [0.4, 0.5) is 5.69 Å². The van der Waals surface area contributed by atoms with Crippen LogP contribution >= 0.6 is 11.6 Å². The Morgan fingerprint density at radius 3 is 2.58 bits per heavy atom. The van der Waals surface area contributed by atoms with Crippen LogP contribution in [0.1, 0.15) is 5.56 Å². The zero-order valence-corrected chi connectivity index (χ0v) is 14.5. The van der Waals surface area contributed by atoms with Crippen molar-refractivity contribution in [2.45, 2.75) is 6.42 Å². The maximum absolute atomic E-state index is 12.0. The minimum Gasteiger partial charge on any atom is -0.496 e. The first-order chi connectivity index (χ1) is 11.6. The summed E-state index contributed by atoms with van der Waals surface area (Å²) in [5.74, 6) is 1.27. The third-order valence-corrected chi connectivity index (χ3v) is 3.72. The molecule has 2 aromatic carbocycles. The van der Waals surface area contributed by atoms with Gasteiger partial charge in [-0.1, -0.05) is 29.8 Å². The topological polar surface area (TPSA) is 59.6 Å². The largest absolute Gasteiger partial charge is 0.496 e. The molecule has 2 rings (SSSR count). The Morgan fingerprint density at radius 1 is 1.08 bits per heavy atom. The van der Waals surface area contributed by atoms with Crippen molar-refractivity contribution in [1.82, 2.24) is 5.32 Å². The lowest BCUT2D eigenvalue weighted by molar-refractivity contribution is -0.115. The van der Waals surface area contributed by atoms with Gasteiger partial charge in [0.1, 0.15) is 11.5 Å². The molecule has 0 atom stereocenters. The van der Waals surface area contributed by atoms with E-state index < -0.39 is 0 Å². The van der Waals surface area contributed by atoms with Gasteiger partial charge in [-0.2, -0.15) is 0 Å². The molecule has 128 valence electrons. The van der Waals surface area contributed by atoms with Gasteiger partial charge in [-0.05, 0) is 42.8 Å². The van der Waals surface area contributed by atoms with Crippen LogP contribution in [0.5, 0.6) is 11.5 Å². The van der Waals surface area contributed by atoms with Gasteiger partial charge >= 0.3 is 0 Å². The number of hydrogen-bond donors (Lipinski definition) is 2. The number of carbonyl (C=O) groups is 1. The van der Waals surface area contributed by atoms with Crippen LogP contribution in [-0.4, -0.2) is 33.2 Å². The second-order valence-corrected chi connectivity index (χ2v) is 5.57. The molecule has 0 saturated carbocycles. The minimum absolute atomic E-state index is 0.157. The summed E-state index contributed by atoms with van der Waals surface area (Å²) in [6.07, 6.45) is 0.776. The summed E-state index contributed by atoms with van der Waals surface area (Å²) in [6.45, 7) is 0.866. The van der Waals surface area contributed by atoms with Crippen molar-refractivity contribution in [1.29, 1.82) is 0 Å². The monoisotopic (exact) mass is 348 g/mol. The lowest BCUT2D eigenvalue weighted by Crippen LogP contribution is -2.29. The van der Waals surface area contributed by atoms with Crippen molar-refractivity contribution in [3.63, 3.8) is 0 Å². The molecule has 0 spiro atoms. The van der Waals surface area contributed by atoms with E-state index in [9.17, 15) is 4.79 Å². The van der Waals surface area contributed by atoms with Crippen LogP contribution in [-0.2, 0) is 11.2 Å². The van der Waals surface area contributed by atoms with E-state index >= 15 is 0 Å². The van der Waals surface area contributed by atoms with Crippen molar-refractivity contribution in [2.75, 3.05) is 32.6 Å². The van der Waals surface area contributed by atoms with Crippen LogP contribution in [0.3, 0.4) is 0 Å². The Labute approximate surface area is 146 Å². The fourth-order valence-corrected chi connectivity index (χ4v) is 2.48. The average Bonchev–Trinajstić information content (AvgIpc) is 2.59. The van der Waals surface area contributed by atoms with Gasteiger partial charge in [-0.25, -0.2) is 0 Å². The number of amides is 1. The third-order valence-electron chi connectivity index (χ3n) is 3.48. The van der Waals surface area contributed by atoms with Crippen LogP contribution in [0.25, 0.3) is 0 Å². The highest BCUT2D eigenvalue weighted by atomic mass is 35.5. The summed E-state index contributed by atoms with van der Waals surface area (Å²) in [5.41, 5.74) is 1.66. The summed E-state index contributed by atoms with van der Waals surface area (Å²) < 4.78 is 10.5. The lowest BCUT2D eigenvalue weighted by atomic mass is 10.1. The molecule has 0 heterocycles. The first-order valence-corrected chi connectivity index (χ1v) is 7.98. The SMILES string of the molecule is COc1ccccc1CCNCC(=O)Nc1cc(Cl)ccc1OC. The first-order valence-electron chi connectivity index (χ1n) is 7.60. The lowest BCUT2D eigenvalue weighted by Gasteiger charge is -2.11. The quantitative estimate of drug-likeness (QED) is 0.720. The molecule has 0 aromatic heterocycles. The summed E-state index contributed by atoms with van der Waals surface area (Å²) in [4.78, 5) is 12.0. The Morgan fingerprint density at radius 2 is 1.83 bits per heavy atom. The Balaban J connectivity index is 1.81. The van der Waals surface area contributed by atoms with Gasteiger partial charge in [0.2, 0.25) is 5.91 Å². The fourth-order valence-electron chi connectivity index (χ4n) is 2.31. The zero-order valence-electron chi connectivity index (χ0n) is 13.8. The van der Waals surface area contributed by atoms with Crippen molar-refractivity contribution >= 4 is 23.2 Å². The molecule has 0 bridgehead atoms. The van der Waals surface area contributed by atoms with Gasteiger partial charge in [0.05, 0.1) is 26.5 Å². The number of methoxy groups -OCH3 is 2. The second-order valence-electron chi connectivity index (χ2n) is 5.13. The summed E-state index contributed by atoms with van der Waals surface area (Å²) >= 11 is 5.95. The number of benzene rings is 2. The number of ether oxygens (including phenoxy) is 2. The van der Waals surface area contributed by atoms with Gasteiger partial charge in [0.15, 0.2) is 0 Å². The Bertz CT molecular complexity index is 692. The van der Waals surface area contributed by atoms with Crippen molar-refractivity contribution in [3.05, 3.63) is 53.1 Å². The molecular weight excluding hydrogens is 328 g/mol. The predicted molar refractivity (Wildman–Crippen MR) is 96.2 cm³/mol. The Hall–Kier alpha value is -2.24. The van der Waals surface area contributed by atoms with E-state index in [-0.39, 0.29) is 12.5 Å². The highest BCUT2D eigenvalue weighted by Crippen LogP contribution is 2.27. The first kappa shape index (κ1) is 18.1. The number of rotatable bonds is 8. The van der Waals surface area contributed by atoms with E-state index in [1.165, 1.54) is 0 Å². The standard InChI is InChI=1S/C18H21ClN2O3/c1-23-16-6-4-3-5-13(16)9-10-20-12-18(22)21-15-11-14(19)7-8-17(15)24-2/h3-8,11,20H,9-10,12H2,1-2H3,(H,21,22). The van der Waals surface area contributed by atoms with Crippen LogP contribution in [0, 0.1) is 0 Å². The molecule has 0 radical (unpaired) electrons. The van der Waals surface area contributed by atoms with Crippen molar-refractivity contribution in [3.8, 4) is 11.5 Å². The number of halogens is 1. The van der Waals surface area contributed by atoms with Gasteiger partial charge in [0, 0.05) is 5.02 Å². The summed E-state index contributed by atoms with van der Waals surface area (Å²) in [6, 6.07) is 12.9. The molecule has 0 aliphatic rings. The van der Waals surface area contributed by atoms with Crippen molar-refractivity contribution in [2.24, 2.45) is 0 Å². The van der Waals surface area contributed by atoms with Crippen molar-refractivity contribution < 1.29 is 14.3 Å². The van der Waals surface area contributed by atoms with Gasteiger partial charge < -0.3 is 20.1 Å². The number of para-hydroxylation sites is 1. The maximum Gasteiger partial charge on any atom is 0.238 e. The zero-order chi connectivity index (χ0) is 17.4. The molecule has 6 heteroatoms. The average molecular weight is 349 g/mol. The molecule has 0 unspecified atom stereocenters. The second kappa shape index (κ2) is 9.15. The van der Waals surface area contributed by atoms with E-state index in [1.54, 1.807) is 32.4 Å². The van der Waals surface area contributed by atoms with E-state index in [1.807, 2.05) is 24.3 Å². The number of anilines is 1. The normalized spacial score (nSPS) is 10.3. The molecule has 2 N–H and O–H groups in total. The predicted octanol–water partition coefficient (Wildman–Crippen LogP) is 3.13. The summed E-state index contributed by atoms with van der Waals surface area (Å²) in [5, 5.41) is 6.44. The van der Waals surface area contributed by atoms with Crippen LogP contribution in [0.2, 0.25) is 5.02 Å². The van der Waals surface area contributed by atoms with E-state index in [2.05, 4.69) is 10.6 Å². The number of nitrogens with one attached hydrogen (secondary N) is 2. The highest BCUT2D eigenvalue weighted by molar-refractivity contribution is 6.31. The maximum atomic E-state index is 12.0. The Kier molecular flexibility index (Phi) is 6.90. The van der Waals surface area contributed by atoms with Gasteiger partial charge in [-0.15, -0.1) is 0 Å². The smallest absolute Gasteiger partial charge is 0.238 e. The molecule has 5 nitrogen and oxygen atoms in total. The highest BCUT2D eigenvalue weighted by Gasteiger charge is 2.08. The molecule has 0 saturated heterocycles. The molecule has 1 amide bonds. The van der Waals surface area contributed by atoms with Crippen LogP contribution < -0.4 is 20.1 Å². The van der Waals surface area contributed by atoms with E-state index in [4.69, 9.17) is 21.1 Å². The van der Waals surface area contributed by atoms with E-state index in [0.29, 0.717) is 23.0 Å². The minimum atomic E-state index is -0.157. The van der Waals surface area contributed by atoms with Gasteiger partial charge in [0.25, 0.3) is 0 Å². The molecule has 0 aliphatic heterocycles. The molecule has 0 fully saturated rings. The molecule has 2 aromatic rings. The third kappa shape index (κ3) is 5.15. The number of hydrogen-bond acceptors (Lipinski definition) is 4. The molecule has 24 heavy (non-hydrogen) atoms. The molecule has 0 aliphatic carbocycles. The van der Waals surface area contributed by atoms with Gasteiger partial charge in [-0.3, -0.25) is 4.79 Å². The summed E-state index contributed by atoms with van der Waals surface area (Å²) in [7, 11) is 3.20. The van der Waals surface area contributed by atoms with E-state index in [0.717, 1.165) is 17.7 Å².